The molecule has 1 N–H and O–H groups in total. The molecule has 0 spiro atoms. The monoisotopic (exact) mass is 361 g/mol. The van der Waals surface area contributed by atoms with E-state index in [1.807, 2.05) is 40.0 Å². The second-order valence-corrected chi connectivity index (χ2v) is 6.51. The van der Waals surface area contributed by atoms with E-state index in [1.165, 1.54) is 14.2 Å². The SMILES string of the molecule is COc1cc(C)cc(OC)c1[C@H](C(=O)O)N(C)Cc1c(C)nn(C)c1C. The number of carboxylic acids is 1. The molecule has 7 nitrogen and oxygen atoms in total. The molecule has 1 aromatic heterocycles. The molecule has 2 rings (SSSR count). The summed E-state index contributed by atoms with van der Waals surface area (Å²) in [6.07, 6.45) is 0. The largest absolute Gasteiger partial charge is 0.496 e. The first-order chi connectivity index (χ1) is 12.2. The Morgan fingerprint density at radius 3 is 2.15 bits per heavy atom. The highest BCUT2D eigenvalue weighted by Gasteiger charge is 2.32. The second kappa shape index (κ2) is 7.78. The molecule has 0 fully saturated rings. The highest BCUT2D eigenvalue weighted by Crippen LogP contribution is 2.38. The average molecular weight is 361 g/mol. The van der Waals surface area contributed by atoms with Crippen molar-refractivity contribution in [1.82, 2.24) is 14.7 Å². The van der Waals surface area contributed by atoms with Crippen LogP contribution in [0, 0.1) is 20.8 Å². The lowest BCUT2D eigenvalue weighted by molar-refractivity contribution is -0.143. The number of carbonyl (C=O) groups is 1. The van der Waals surface area contributed by atoms with Gasteiger partial charge in [-0.05, 0) is 45.5 Å². The Labute approximate surface area is 154 Å². The minimum absolute atomic E-state index is 0.447. The number of ether oxygens (including phenoxy) is 2. The van der Waals surface area contributed by atoms with Crippen molar-refractivity contribution >= 4 is 5.97 Å². The summed E-state index contributed by atoms with van der Waals surface area (Å²) in [7, 11) is 6.73. The maximum absolute atomic E-state index is 12.2. The standard InChI is InChI=1S/C19H27N3O4/c1-11-8-15(25-6)17(16(9-11)26-7)18(19(23)24)21(4)10-14-12(2)20-22(5)13(14)3/h8-9,18H,10H2,1-7H3,(H,23,24)/t18-/m1/s1. The van der Waals surface area contributed by atoms with Gasteiger partial charge >= 0.3 is 5.97 Å². The van der Waals surface area contributed by atoms with E-state index >= 15 is 0 Å². The first kappa shape index (κ1) is 19.8. The maximum Gasteiger partial charge on any atom is 0.325 e. The topological polar surface area (TPSA) is 76.8 Å². The van der Waals surface area contributed by atoms with Gasteiger partial charge in [0.15, 0.2) is 0 Å². The Hall–Kier alpha value is -2.54. The van der Waals surface area contributed by atoms with Crippen molar-refractivity contribution in [3.8, 4) is 11.5 Å². The van der Waals surface area contributed by atoms with Crippen LogP contribution in [0.1, 0.15) is 34.1 Å². The smallest absolute Gasteiger partial charge is 0.325 e. The number of hydrogen-bond donors (Lipinski definition) is 1. The predicted molar refractivity (Wildman–Crippen MR) is 98.8 cm³/mol. The van der Waals surface area contributed by atoms with E-state index < -0.39 is 12.0 Å². The zero-order valence-electron chi connectivity index (χ0n) is 16.5. The Kier molecular flexibility index (Phi) is 5.92. The van der Waals surface area contributed by atoms with Gasteiger partial charge in [-0.15, -0.1) is 0 Å². The number of aliphatic carboxylic acids is 1. The molecule has 1 atom stereocenters. The Morgan fingerprint density at radius 1 is 1.23 bits per heavy atom. The van der Waals surface area contributed by atoms with E-state index in [1.54, 1.807) is 16.6 Å². The molecule has 0 aliphatic heterocycles. The summed E-state index contributed by atoms with van der Waals surface area (Å²) in [4.78, 5) is 13.9. The third kappa shape index (κ3) is 3.67. The number of benzene rings is 1. The van der Waals surface area contributed by atoms with Crippen LogP contribution >= 0.6 is 0 Å². The first-order valence-corrected chi connectivity index (χ1v) is 8.35. The number of hydrogen-bond acceptors (Lipinski definition) is 5. The molecule has 0 saturated heterocycles. The fourth-order valence-electron chi connectivity index (χ4n) is 3.26. The average Bonchev–Trinajstić information content (AvgIpc) is 2.81. The molecule has 0 amide bonds. The molecule has 7 heteroatoms. The normalized spacial score (nSPS) is 12.3. The summed E-state index contributed by atoms with van der Waals surface area (Å²) in [5, 5.41) is 14.4. The van der Waals surface area contributed by atoms with E-state index in [0.717, 1.165) is 22.5 Å². The van der Waals surface area contributed by atoms with Crippen molar-refractivity contribution < 1.29 is 19.4 Å². The molecule has 1 aromatic carbocycles. The summed E-state index contributed by atoms with van der Waals surface area (Å²) in [6.45, 7) is 6.27. The van der Waals surface area contributed by atoms with Crippen LogP contribution in [0.15, 0.2) is 12.1 Å². The number of carboxylic acid groups (broad SMARTS) is 1. The minimum atomic E-state index is -0.966. The van der Waals surface area contributed by atoms with Gasteiger partial charge in [0.25, 0.3) is 0 Å². The van der Waals surface area contributed by atoms with Crippen molar-refractivity contribution in [2.45, 2.75) is 33.4 Å². The summed E-state index contributed by atoms with van der Waals surface area (Å²) >= 11 is 0. The van der Waals surface area contributed by atoms with Gasteiger partial charge in [0.05, 0.1) is 25.5 Å². The van der Waals surface area contributed by atoms with Crippen LogP contribution in [0.4, 0.5) is 0 Å². The van der Waals surface area contributed by atoms with E-state index in [9.17, 15) is 9.90 Å². The van der Waals surface area contributed by atoms with Crippen LogP contribution in [0.5, 0.6) is 11.5 Å². The van der Waals surface area contributed by atoms with Gasteiger partial charge in [0, 0.05) is 24.8 Å². The molecule has 0 radical (unpaired) electrons. The maximum atomic E-state index is 12.2. The Bertz CT molecular complexity index is 788. The number of rotatable bonds is 7. The summed E-state index contributed by atoms with van der Waals surface area (Å²) in [5.41, 5.74) is 4.37. The minimum Gasteiger partial charge on any atom is -0.496 e. The van der Waals surface area contributed by atoms with Crippen LogP contribution in [0.2, 0.25) is 0 Å². The number of likely N-dealkylation sites (N-methyl/N-ethyl adjacent to an activating group) is 1. The second-order valence-electron chi connectivity index (χ2n) is 6.51. The molecule has 0 bridgehead atoms. The van der Waals surface area contributed by atoms with Gasteiger partial charge < -0.3 is 14.6 Å². The Morgan fingerprint density at radius 2 is 1.77 bits per heavy atom. The molecule has 0 saturated carbocycles. The molecule has 26 heavy (non-hydrogen) atoms. The lowest BCUT2D eigenvalue weighted by atomic mass is 10.00. The lowest BCUT2D eigenvalue weighted by Gasteiger charge is -2.28. The molecule has 2 aromatic rings. The number of aryl methyl sites for hydroxylation is 3. The van der Waals surface area contributed by atoms with Crippen LogP contribution in [-0.2, 0) is 18.4 Å². The molecule has 142 valence electrons. The fraction of sp³-hybridized carbons (Fsp3) is 0.474. The summed E-state index contributed by atoms with van der Waals surface area (Å²) in [5.74, 6) is 0.0358. The molecule has 0 aliphatic carbocycles. The van der Waals surface area contributed by atoms with Gasteiger partial charge in [0.2, 0.25) is 0 Å². The number of nitrogens with zero attached hydrogens (tertiary/aromatic N) is 3. The van der Waals surface area contributed by atoms with Crippen LogP contribution in [0.3, 0.4) is 0 Å². The Balaban J connectivity index is 2.51. The van der Waals surface area contributed by atoms with Crippen molar-refractivity contribution in [2.75, 3.05) is 21.3 Å². The van der Waals surface area contributed by atoms with Crippen molar-refractivity contribution in [3.05, 3.63) is 40.2 Å². The summed E-state index contributed by atoms with van der Waals surface area (Å²) in [6, 6.07) is 2.73. The van der Waals surface area contributed by atoms with Gasteiger partial charge in [-0.2, -0.15) is 5.10 Å². The highest BCUT2D eigenvalue weighted by molar-refractivity contribution is 5.78. The molecular formula is C19H27N3O4. The van der Waals surface area contributed by atoms with E-state index in [4.69, 9.17) is 9.47 Å². The molecule has 0 unspecified atom stereocenters. The molecule has 1 heterocycles. The van der Waals surface area contributed by atoms with Crippen molar-refractivity contribution in [1.29, 1.82) is 0 Å². The van der Waals surface area contributed by atoms with Crippen molar-refractivity contribution in [2.24, 2.45) is 7.05 Å². The quantitative estimate of drug-likeness (QED) is 0.817. The first-order valence-electron chi connectivity index (χ1n) is 8.35. The van der Waals surface area contributed by atoms with Crippen molar-refractivity contribution in [3.63, 3.8) is 0 Å². The van der Waals surface area contributed by atoms with Crippen LogP contribution in [-0.4, -0.2) is 47.0 Å². The van der Waals surface area contributed by atoms with Crippen LogP contribution < -0.4 is 9.47 Å². The predicted octanol–water partition coefficient (Wildman–Crippen LogP) is 2.62. The summed E-state index contributed by atoms with van der Waals surface area (Å²) < 4.78 is 12.7. The molecule has 0 aliphatic rings. The highest BCUT2D eigenvalue weighted by atomic mass is 16.5. The lowest BCUT2D eigenvalue weighted by Crippen LogP contribution is -2.31. The zero-order valence-corrected chi connectivity index (χ0v) is 16.5. The van der Waals surface area contributed by atoms with Gasteiger partial charge in [-0.3, -0.25) is 14.4 Å². The van der Waals surface area contributed by atoms with E-state index in [0.29, 0.717) is 23.6 Å². The van der Waals surface area contributed by atoms with E-state index in [-0.39, 0.29) is 0 Å². The van der Waals surface area contributed by atoms with Gasteiger partial charge in [-0.25, -0.2) is 0 Å². The number of methoxy groups -OCH3 is 2. The van der Waals surface area contributed by atoms with E-state index in [2.05, 4.69) is 5.10 Å². The third-order valence-corrected chi connectivity index (χ3v) is 4.70. The van der Waals surface area contributed by atoms with Gasteiger partial charge in [0.1, 0.15) is 17.5 Å². The van der Waals surface area contributed by atoms with Gasteiger partial charge in [-0.1, -0.05) is 0 Å². The zero-order chi connectivity index (χ0) is 19.6. The number of aromatic nitrogens is 2. The van der Waals surface area contributed by atoms with Crippen LogP contribution in [0.25, 0.3) is 0 Å². The molecular weight excluding hydrogens is 334 g/mol. The third-order valence-electron chi connectivity index (χ3n) is 4.70. The fourth-order valence-corrected chi connectivity index (χ4v) is 3.26.